The second-order valence-electron chi connectivity index (χ2n) is 6.18. The monoisotopic (exact) mass is 348 g/mol. The molecule has 2 N–H and O–H groups in total. The Labute approximate surface area is 136 Å². The zero-order valence-corrected chi connectivity index (χ0v) is 13.0. The molecule has 2 aliphatic rings. The first-order chi connectivity index (χ1) is 11.4. The van der Waals surface area contributed by atoms with Crippen LogP contribution in [0.2, 0.25) is 0 Å². The molecule has 1 aromatic heterocycles. The molecule has 0 radical (unpaired) electrons. The van der Waals surface area contributed by atoms with Gasteiger partial charge >= 0.3 is 12.2 Å². The quantitative estimate of drug-likeness (QED) is 0.872. The third kappa shape index (κ3) is 3.63. The highest BCUT2D eigenvalue weighted by molar-refractivity contribution is 5.75. The molecular formula is C14H19F3N4O3. The summed E-state index contributed by atoms with van der Waals surface area (Å²) in [6, 6.07) is -0.476. The van der Waals surface area contributed by atoms with E-state index in [9.17, 15) is 18.0 Å². The number of hydrogen-bond acceptors (Lipinski definition) is 5. The van der Waals surface area contributed by atoms with Crippen molar-refractivity contribution in [3.05, 3.63) is 11.7 Å². The van der Waals surface area contributed by atoms with Crippen LogP contribution >= 0.6 is 0 Å². The lowest BCUT2D eigenvalue weighted by atomic mass is 9.71. The minimum atomic E-state index is -4.67. The minimum Gasteiger partial charge on any atom is -0.376 e. The number of nitrogens with zero attached hydrogens (tertiary/aromatic N) is 2. The summed E-state index contributed by atoms with van der Waals surface area (Å²) in [5.41, 5.74) is -0.378. The number of carbonyl (C=O) groups excluding carboxylic acids is 1. The average Bonchev–Trinajstić information content (AvgIpc) is 2.99. The van der Waals surface area contributed by atoms with Crippen molar-refractivity contribution in [2.75, 3.05) is 6.61 Å². The van der Waals surface area contributed by atoms with Gasteiger partial charge in [0.15, 0.2) is 0 Å². The number of carbonyl (C=O) groups is 1. The standard InChI is InChI=1S/C14H19F3N4O3/c15-14(16,17)11-19-10(24-21-11)8-18-12(22)20-13(5-3-6-13)9-4-1-2-7-23-9/h9H,1-8H2,(H2,18,20,22). The van der Waals surface area contributed by atoms with E-state index in [-0.39, 0.29) is 24.1 Å². The van der Waals surface area contributed by atoms with Crippen LogP contribution in [0.4, 0.5) is 18.0 Å². The van der Waals surface area contributed by atoms with E-state index < -0.39 is 18.0 Å². The number of ether oxygens (including phenoxy) is 1. The van der Waals surface area contributed by atoms with Crippen LogP contribution in [0, 0.1) is 0 Å². The summed E-state index contributed by atoms with van der Waals surface area (Å²) in [4.78, 5) is 15.3. The molecule has 1 saturated carbocycles. The molecule has 1 atom stereocenters. The molecule has 24 heavy (non-hydrogen) atoms. The lowest BCUT2D eigenvalue weighted by Gasteiger charge is -2.48. The Bertz CT molecular complexity index is 580. The number of aromatic nitrogens is 2. The number of nitrogens with one attached hydrogen (secondary N) is 2. The second-order valence-corrected chi connectivity index (χ2v) is 6.18. The molecule has 1 saturated heterocycles. The Morgan fingerprint density at radius 3 is 2.62 bits per heavy atom. The van der Waals surface area contributed by atoms with E-state index in [1.165, 1.54) is 0 Å². The van der Waals surface area contributed by atoms with Crippen molar-refractivity contribution in [1.29, 1.82) is 0 Å². The normalized spacial score (nSPS) is 23.4. The Kier molecular flexibility index (Phi) is 4.66. The third-order valence-corrected chi connectivity index (χ3v) is 4.53. The molecule has 2 heterocycles. The third-order valence-electron chi connectivity index (χ3n) is 4.53. The maximum atomic E-state index is 12.4. The van der Waals surface area contributed by atoms with Gasteiger partial charge in [-0.3, -0.25) is 0 Å². The first-order valence-corrected chi connectivity index (χ1v) is 7.96. The molecule has 2 amide bonds. The smallest absolute Gasteiger partial charge is 0.376 e. The van der Waals surface area contributed by atoms with Crippen LogP contribution in [-0.2, 0) is 17.5 Å². The molecule has 3 rings (SSSR count). The number of halogens is 3. The van der Waals surface area contributed by atoms with Crippen molar-refractivity contribution in [2.24, 2.45) is 0 Å². The fourth-order valence-corrected chi connectivity index (χ4v) is 3.13. The van der Waals surface area contributed by atoms with Gasteiger partial charge in [-0.1, -0.05) is 5.16 Å². The fraction of sp³-hybridized carbons (Fsp3) is 0.786. The Morgan fingerprint density at radius 1 is 1.29 bits per heavy atom. The van der Waals surface area contributed by atoms with E-state index in [0.29, 0.717) is 6.61 Å². The van der Waals surface area contributed by atoms with Gasteiger partial charge in [0, 0.05) is 6.61 Å². The summed E-state index contributed by atoms with van der Waals surface area (Å²) in [5, 5.41) is 8.22. The average molecular weight is 348 g/mol. The molecule has 7 nitrogen and oxygen atoms in total. The largest absolute Gasteiger partial charge is 0.455 e. The van der Waals surface area contributed by atoms with E-state index in [1.807, 2.05) is 0 Å². The number of amides is 2. The van der Waals surface area contributed by atoms with Crippen molar-refractivity contribution >= 4 is 6.03 Å². The Hall–Kier alpha value is -1.84. The highest BCUT2D eigenvalue weighted by Gasteiger charge is 2.46. The number of hydrogen-bond donors (Lipinski definition) is 2. The Balaban J connectivity index is 1.52. The van der Waals surface area contributed by atoms with Crippen LogP contribution in [0.1, 0.15) is 50.2 Å². The lowest BCUT2D eigenvalue weighted by molar-refractivity contribution is -0.146. The maximum Gasteiger partial charge on any atom is 0.455 e. The minimum absolute atomic E-state index is 0.00835. The van der Waals surface area contributed by atoms with Gasteiger partial charge in [0.2, 0.25) is 5.89 Å². The van der Waals surface area contributed by atoms with E-state index in [2.05, 4.69) is 25.3 Å². The summed E-state index contributed by atoms with van der Waals surface area (Å²) in [6.07, 6.45) is 1.00. The van der Waals surface area contributed by atoms with Gasteiger partial charge in [0.1, 0.15) is 0 Å². The van der Waals surface area contributed by atoms with Crippen LogP contribution in [-0.4, -0.2) is 34.4 Å². The molecule has 1 aliphatic carbocycles. The highest BCUT2D eigenvalue weighted by atomic mass is 19.4. The predicted molar refractivity (Wildman–Crippen MR) is 74.8 cm³/mol. The SMILES string of the molecule is O=C(NCc1nc(C(F)(F)F)no1)NC1(C2CCCCO2)CCC1. The first-order valence-electron chi connectivity index (χ1n) is 7.96. The summed E-state index contributed by atoms with van der Waals surface area (Å²) in [5.74, 6) is -1.65. The number of rotatable bonds is 4. The van der Waals surface area contributed by atoms with E-state index in [0.717, 1.165) is 38.5 Å². The van der Waals surface area contributed by atoms with Crippen molar-refractivity contribution in [2.45, 2.75) is 62.9 Å². The van der Waals surface area contributed by atoms with Gasteiger partial charge in [0.05, 0.1) is 18.2 Å². The molecular weight excluding hydrogens is 329 g/mol. The van der Waals surface area contributed by atoms with Crippen LogP contribution in [0.3, 0.4) is 0 Å². The molecule has 1 unspecified atom stereocenters. The summed E-state index contributed by atoms with van der Waals surface area (Å²) in [7, 11) is 0. The van der Waals surface area contributed by atoms with Crippen molar-refractivity contribution in [3.63, 3.8) is 0 Å². The fourth-order valence-electron chi connectivity index (χ4n) is 3.13. The molecule has 0 bridgehead atoms. The van der Waals surface area contributed by atoms with Gasteiger partial charge in [0.25, 0.3) is 5.82 Å². The van der Waals surface area contributed by atoms with Crippen LogP contribution in [0.25, 0.3) is 0 Å². The zero-order valence-electron chi connectivity index (χ0n) is 13.0. The summed E-state index contributed by atoms with van der Waals surface area (Å²) >= 11 is 0. The molecule has 10 heteroatoms. The van der Waals surface area contributed by atoms with E-state index >= 15 is 0 Å². The molecule has 134 valence electrons. The maximum absolute atomic E-state index is 12.4. The predicted octanol–water partition coefficient (Wildman–Crippen LogP) is 2.38. The van der Waals surface area contributed by atoms with Gasteiger partial charge in [-0.15, -0.1) is 0 Å². The van der Waals surface area contributed by atoms with Crippen LogP contribution < -0.4 is 10.6 Å². The molecule has 0 aromatic carbocycles. The van der Waals surface area contributed by atoms with E-state index in [1.54, 1.807) is 0 Å². The lowest BCUT2D eigenvalue weighted by Crippen LogP contribution is -2.63. The topological polar surface area (TPSA) is 89.3 Å². The van der Waals surface area contributed by atoms with Crippen molar-refractivity contribution in [1.82, 2.24) is 20.8 Å². The van der Waals surface area contributed by atoms with Crippen LogP contribution in [0.5, 0.6) is 0 Å². The van der Waals surface area contributed by atoms with Gasteiger partial charge < -0.3 is 19.9 Å². The summed E-state index contributed by atoms with van der Waals surface area (Å²) in [6.45, 7) is 0.425. The Morgan fingerprint density at radius 2 is 2.08 bits per heavy atom. The number of urea groups is 1. The molecule has 1 aromatic rings. The van der Waals surface area contributed by atoms with Gasteiger partial charge in [-0.2, -0.15) is 18.2 Å². The first kappa shape index (κ1) is 17.0. The number of alkyl halides is 3. The van der Waals surface area contributed by atoms with E-state index in [4.69, 9.17) is 4.74 Å². The van der Waals surface area contributed by atoms with Crippen molar-refractivity contribution < 1.29 is 27.2 Å². The molecule has 2 fully saturated rings. The van der Waals surface area contributed by atoms with Crippen molar-refractivity contribution in [3.8, 4) is 0 Å². The van der Waals surface area contributed by atoms with Gasteiger partial charge in [-0.05, 0) is 38.5 Å². The van der Waals surface area contributed by atoms with Gasteiger partial charge in [-0.25, -0.2) is 4.79 Å². The summed E-state index contributed by atoms with van der Waals surface area (Å²) < 4.78 is 47.4. The molecule has 0 spiro atoms. The second kappa shape index (κ2) is 6.58. The zero-order chi connectivity index (χ0) is 17.2. The van der Waals surface area contributed by atoms with Crippen LogP contribution in [0.15, 0.2) is 4.52 Å². The highest BCUT2D eigenvalue weighted by Crippen LogP contribution is 2.39. The molecule has 1 aliphatic heterocycles.